The van der Waals surface area contributed by atoms with E-state index in [1.54, 1.807) is 19.1 Å². The third kappa shape index (κ3) is 6.89. The second-order valence-corrected chi connectivity index (χ2v) is 17.0. The van der Waals surface area contributed by atoms with Gasteiger partial charge in [-0.25, -0.2) is 17.8 Å². The number of amides is 3. The van der Waals surface area contributed by atoms with Crippen molar-refractivity contribution in [3.63, 3.8) is 0 Å². The number of rotatable bonds is 7. The first-order chi connectivity index (χ1) is 23.5. The van der Waals surface area contributed by atoms with Gasteiger partial charge in [0, 0.05) is 18.0 Å². The Hall–Kier alpha value is -4.04. The monoisotopic (exact) mass is 709 g/mol. The van der Waals surface area contributed by atoms with E-state index in [1.165, 1.54) is 28.4 Å². The maximum absolute atomic E-state index is 14.4. The lowest BCUT2D eigenvalue weighted by molar-refractivity contribution is -0.140. The van der Waals surface area contributed by atoms with E-state index < -0.39 is 62.0 Å². The number of anilines is 1. The average Bonchev–Trinajstić information content (AvgIpc) is 3.88. The SMILES string of the molecule is CC1(S(=O)(=O)NC(=O)[C@@]23C[C@@H]2/C=C\CCCCC[C@H](Nc2ccc(F)cc2)C(=O)N2C[C@H](Oc4nc5ccccc5s4)C[C@H]2C(=O)N3)CC1. The smallest absolute Gasteiger partial charge is 0.274 e. The minimum atomic E-state index is -3.95. The molecule has 49 heavy (non-hydrogen) atoms. The molecule has 14 heteroatoms. The van der Waals surface area contributed by atoms with Crippen LogP contribution in [-0.4, -0.2) is 71.0 Å². The Morgan fingerprint density at radius 2 is 1.88 bits per heavy atom. The van der Waals surface area contributed by atoms with E-state index in [2.05, 4.69) is 20.3 Å². The van der Waals surface area contributed by atoms with Crippen LogP contribution in [0.3, 0.4) is 0 Å². The number of hydrogen-bond acceptors (Lipinski definition) is 9. The number of fused-ring (bicyclic) bond motifs is 3. The van der Waals surface area contributed by atoms with Gasteiger partial charge in [0.25, 0.3) is 11.1 Å². The standard InChI is InChI=1S/C35H40FN5O6S2/c1-34(17-18-34)49(45,46)40-32(44)35-20-22(35)9-5-3-2-4-6-11-27(37-24-15-13-23(36)14-16-24)31(43)41-21-25(19-28(41)30(42)39-35)47-33-38-26-10-7-8-12-29(26)48-33/h5,7-10,12-16,22,25,27-28,37H,2-4,6,11,17-21H2,1H3,(H,39,42)(H,40,44)/b9-5-/t22-,25+,27-,28-,35+/m0/s1. The summed E-state index contributed by atoms with van der Waals surface area (Å²) < 4.78 is 48.3. The van der Waals surface area contributed by atoms with Gasteiger partial charge in [0.2, 0.25) is 21.8 Å². The van der Waals surface area contributed by atoms with Crippen molar-refractivity contribution in [2.24, 2.45) is 5.92 Å². The van der Waals surface area contributed by atoms with Crippen LogP contribution in [0.15, 0.2) is 60.7 Å². The molecule has 5 atom stereocenters. The summed E-state index contributed by atoms with van der Waals surface area (Å²) in [6, 6.07) is 11.7. The molecular weight excluding hydrogens is 670 g/mol. The molecule has 0 spiro atoms. The van der Waals surface area contributed by atoms with Crippen LogP contribution in [0.1, 0.15) is 64.7 Å². The van der Waals surface area contributed by atoms with E-state index in [1.807, 2.05) is 36.4 Å². The maximum Gasteiger partial charge on any atom is 0.274 e. The number of halogens is 1. The Balaban J connectivity index is 1.18. The fourth-order valence-corrected chi connectivity index (χ4v) is 8.93. The first-order valence-corrected chi connectivity index (χ1v) is 19.2. The normalized spacial score (nSPS) is 29.1. The van der Waals surface area contributed by atoms with Crippen LogP contribution < -0.4 is 20.1 Å². The zero-order valence-corrected chi connectivity index (χ0v) is 28.8. The molecule has 3 fully saturated rings. The molecule has 2 saturated carbocycles. The third-order valence-electron chi connectivity index (χ3n) is 10.2. The molecule has 7 rings (SSSR count). The number of carbonyl (C=O) groups excluding carboxylic acids is 3. The van der Waals surface area contributed by atoms with Crippen LogP contribution in [0.2, 0.25) is 0 Å². The Kier molecular flexibility index (Phi) is 8.89. The summed E-state index contributed by atoms with van der Waals surface area (Å²) in [7, 11) is -3.95. The number of nitrogens with one attached hydrogen (secondary N) is 3. The van der Waals surface area contributed by atoms with Gasteiger partial charge >= 0.3 is 0 Å². The minimum Gasteiger partial charge on any atom is -0.465 e. The maximum atomic E-state index is 14.4. The van der Waals surface area contributed by atoms with Gasteiger partial charge < -0.3 is 20.3 Å². The van der Waals surface area contributed by atoms with E-state index >= 15 is 0 Å². The van der Waals surface area contributed by atoms with Gasteiger partial charge in [0.1, 0.15) is 29.5 Å². The van der Waals surface area contributed by atoms with E-state index in [0.29, 0.717) is 30.1 Å². The summed E-state index contributed by atoms with van der Waals surface area (Å²) >= 11 is 1.37. The number of para-hydroxylation sites is 1. The number of carbonyl (C=O) groups is 3. The number of hydrogen-bond donors (Lipinski definition) is 3. The topological polar surface area (TPSA) is 147 Å². The molecule has 11 nitrogen and oxygen atoms in total. The molecule has 4 aliphatic rings. The van der Waals surface area contributed by atoms with Crippen LogP contribution in [0.25, 0.3) is 10.2 Å². The molecule has 1 aromatic heterocycles. The largest absolute Gasteiger partial charge is 0.465 e. The van der Waals surface area contributed by atoms with Crippen LogP contribution >= 0.6 is 11.3 Å². The number of allylic oxidation sites excluding steroid dienone is 1. The lowest BCUT2D eigenvalue weighted by atomic mass is 10.0. The van der Waals surface area contributed by atoms with Crippen molar-refractivity contribution in [3.8, 4) is 5.19 Å². The first-order valence-electron chi connectivity index (χ1n) is 16.9. The number of ether oxygens (including phenoxy) is 1. The summed E-state index contributed by atoms with van der Waals surface area (Å²) in [6.45, 7) is 1.70. The highest BCUT2D eigenvalue weighted by atomic mass is 32.2. The van der Waals surface area contributed by atoms with E-state index in [9.17, 15) is 27.2 Å². The highest BCUT2D eigenvalue weighted by Gasteiger charge is 2.63. The van der Waals surface area contributed by atoms with Crippen LogP contribution in [0.4, 0.5) is 10.1 Å². The Morgan fingerprint density at radius 1 is 1.10 bits per heavy atom. The van der Waals surface area contributed by atoms with Gasteiger partial charge in [-0.05, 0) is 81.8 Å². The van der Waals surface area contributed by atoms with E-state index in [-0.39, 0.29) is 25.3 Å². The number of benzene rings is 2. The molecule has 3 aromatic rings. The lowest BCUT2D eigenvalue weighted by Gasteiger charge is -2.30. The quantitative estimate of drug-likeness (QED) is 0.301. The van der Waals surface area contributed by atoms with Gasteiger partial charge in [0.15, 0.2) is 0 Å². The number of nitrogens with zero attached hydrogens (tertiary/aromatic N) is 2. The summed E-state index contributed by atoms with van der Waals surface area (Å²) in [5.74, 6) is -2.42. The van der Waals surface area contributed by atoms with E-state index in [0.717, 1.165) is 35.9 Å². The Labute approximate surface area is 288 Å². The van der Waals surface area contributed by atoms with Gasteiger partial charge in [-0.2, -0.15) is 0 Å². The third-order valence-corrected chi connectivity index (χ3v) is 13.3. The van der Waals surface area contributed by atoms with Crippen molar-refractivity contribution in [2.75, 3.05) is 11.9 Å². The highest BCUT2D eigenvalue weighted by molar-refractivity contribution is 7.91. The molecule has 0 bridgehead atoms. The molecule has 0 unspecified atom stereocenters. The number of aromatic nitrogens is 1. The van der Waals surface area contributed by atoms with Crippen molar-refractivity contribution in [1.29, 1.82) is 0 Å². The highest BCUT2D eigenvalue weighted by Crippen LogP contribution is 2.47. The van der Waals surface area contributed by atoms with Crippen LogP contribution in [0.5, 0.6) is 5.19 Å². The predicted molar refractivity (Wildman–Crippen MR) is 184 cm³/mol. The number of thiazole rings is 1. The molecule has 3 N–H and O–H groups in total. The summed E-state index contributed by atoms with van der Waals surface area (Å²) in [6.07, 6.45) is 8.26. The Morgan fingerprint density at radius 3 is 2.63 bits per heavy atom. The van der Waals surface area contributed by atoms with Crippen LogP contribution in [0, 0.1) is 11.7 Å². The first kappa shape index (κ1) is 33.5. The zero-order valence-electron chi connectivity index (χ0n) is 27.2. The predicted octanol–water partition coefficient (Wildman–Crippen LogP) is 4.66. The van der Waals surface area contributed by atoms with Crippen LogP contribution in [-0.2, 0) is 24.4 Å². The van der Waals surface area contributed by atoms with Crippen molar-refractivity contribution in [2.45, 2.75) is 93.2 Å². The van der Waals surface area contributed by atoms with Gasteiger partial charge in [-0.15, -0.1) is 0 Å². The molecule has 3 heterocycles. The fourth-order valence-electron chi connectivity index (χ4n) is 6.74. The zero-order chi connectivity index (χ0) is 34.4. The van der Waals surface area contributed by atoms with Gasteiger partial charge in [0.05, 0.1) is 21.5 Å². The molecule has 2 aliphatic carbocycles. The molecular formula is C35H40FN5O6S2. The fraction of sp³-hybridized carbons (Fsp3) is 0.486. The molecule has 2 aromatic carbocycles. The molecule has 0 radical (unpaired) electrons. The van der Waals surface area contributed by atoms with Gasteiger partial charge in [-0.3, -0.25) is 19.1 Å². The Bertz CT molecular complexity index is 1860. The second-order valence-electron chi connectivity index (χ2n) is 13.9. The van der Waals surface area contributed by atoms with Crippen molar-refractivity contribution >= 4 is 55.0 Å². The van der Waals surface area contributed by atoms with Crippen molar-refractivity contribution in [1.82, 2.24) is 19.9 Å². The summed E-state index contributed by atoms with van der Waals surface area (Å²) in [5, 5.41) is 6.59. The summed E-state index contributed by atoms with van der Waals surface area (Å²) in [4.78, 5) is 48.5. The number of sulfonamides is 1. The molecule has 260 valence electrons. The molecule has 3 amide bonds. The van der Waals surface area contributed by atoms with Crippen molar-refractivity contribution in [3.05, 3.63) is 66.5 Å². The molecule has 2 aliphatic heterocycles. The minimum absolute atomic E-state index is 0.101. The lowest BCUT2D eigenvalue weighted by Crippen LogP contribution is -2.58. The van der Waals surface area contributed by atoms with Gasteiger partial charge in [-0.1, -0.05) is 48.5 Å². The second kappa shape index (κ2) is 13.0. The summed E-state index contributed by atoms with van der Waals surface area (Å²) in [5.41, 5.74) is -0.105. The van der Waals surface area contributed by atoms with Crippen molar-refractivity contribution < 1.29 is 31.9 Å². The molecule has 1 saturated heterocycles. The average molecular weight is 710 g/mol. The van der Waals surface area contributed by atoms with E-state index in [4.69, 9.17) is 4.74 Å².